The van der Waals surface area contributed by atoms with Gasteiger partial charge in [-0.3, -0.25) is 9.59 Å². The average Bonchev–Trinajstić information content (AvgIpc) is 2.44. The molecule has 2 amide bonds. The van der Waals surface area contributed by atoms with Gasteiger partial charge in [0.05, 0.1) is 5.92 Å². The first-order valence-corrected chi connectivity index (χ1v) is 6.52. The van der Waals surface area contributed by atoms with Crippen LogP contribution in [0.4, 0.5) is 0 Å². The lowest BCUT2D eigenvalue weighted by atomic mass is 9.97. The van der Waals surface area contributed by atoms with Crippen LogP contribution in [0.15, 0.2) is 30.3 Å². The summed E-state index contributed by atoms with van der Waals surface area (Å²) in [6.07, 6.45) is -0.168. The molecule has 7 heteroatoms. The van der Waals surface area contributed by atoms with Crippen LogP contribution in [0.1, 0.15) is 24.3 Å². The van der Waals surface area contributed by atoms with E-state index < -0.39 is 29.7 Å². The smallest absolute Gasteiger partial charge is 0.326 e. The lowest BCUT2D eigenvalue weighted by Gasteiger charge is -2.19. The summed E-state index contributed by atoms with van der Waals surface area (Å²) in [4.78, 5) is 34.0. The Hall–Kier alpha value is -2.41. The molecule has 21 heavy (non-hydrogen) atoms. The lowest BCUT2D eigenvalue weighted by Crippen LogP contribution is -2.44. The molecule has 114 valence electrons. The molecular formula is C14H19N3O4. The summed E-state index contributed by atoms with van der Waals surface area (Å²) < 4.78 is 0. The van der Waals surface area contributed by atoms with Crippen molar-refractivity contribution in [3.63, 3.8) is 0 Å². The predicted molar refractivity (Wildman–Crippen MR) is 76.2 cm³/mol. The van der Waals surface area contributed by atoms with Gasteiger partial charge in [0.25, 0.3) is 0 Å². The van der Waals surface area contributed by atoms with Gasteiger partial charge in [-0.15, -0.1) is 0 Å². The molecular weight excluding hydrogens is 274 g/mol. The number of carbonyl (C=O) groups excluding carboxylic acids is 2. The molecule has 0 heterocycles. The van der Waals surface area contributed by atoms with Gasteiger partial charge >= 0.3 is 5.97 Å². The maximum Gasteiger partial charge on any atom is 0.326 e. The van der Waals surface area contributed by atoms with E-state index in [9.17, 15) is 14.4 Å². The van der Waals surface area contributed by atoms with Crippen LogP contribution in [-0.4, -0.2) is 35.5 Å². The van der Waals surface area contributed by atoms with Gasteiger partial charge in [0.1, 0.15) is 6.04 Å². The van der Waals surface area contributed by atoms with Gasteiger partial charge in [-0.1, -0.05) is 30.3 Å². The van der Waals surface area contributed by atoms with Crippen molar-refractivity contribution in [1.82, 2.24) is 5.32 Å². The molecule has 7 nitrogen and oxygen atoms in total. The minimum atomic E-state index is -1.21. The number of nitrogens with two attached hydrogens (primary N) is 2. The maximum atomic E-state index is 12.2. The molecule has 0 aliphatic heterocycles. The number of nitrogens with one attached hydrogen (secondary N) is 1. The zero-order valence-electron chi connectivity index (χ0n) is 11.5. The molecule has 0 fully saturated rings. The summed E-state index contributed by atoms with van der Waals surface area (Å²) in [5.74, 6) is -2.95. The largest absolute Gasteiger partial charge is 0.480 e. The second-order valence-electron chi connectivity index (χ2n) is 4.60. The molecule has 0 aliphatic rings. The summed E-state index contributed by atoms with van der Waals surface area (Å²) in [7, 11) is 0. The van der Waals surface area contributed by atoms with Crippen molar-refractivity contribution in [2.45, 2.75) is 24.8 Å². The van der Waals surface area contributed by atoms with E-state index in [0.29, 0.717) is 5.56 Å². The Kier molecular flexibility index (Phi) is 6.35. The van der Waals surface area contributed by atoms with Gasteiger partial charge in [-0.25, -0.2) is 4.79 Å². The third kappa shape index (κ3) is 5.23. The highest BCUT2D eigenvalue weighted by Gasteiger charge is 2.25. The molecule has 0 saturated carbocycles. The number of hydrogen-bond donors (Lipinski definition) is 4. The minimum Gasteiger partial charge on any atom is -0.480 e. The summed E-state index contributed by atoms with van der Waals surface area (Å²) in [5.41, 5.74) is 11.3. The first-order chi connectivity index (χ1) is 9.95. The monoisotopic (exact) mass is 293 g/mol. The number of carboxylic acids is 1. The molecule has 1 aromatic rings. The quantitative estimate of drug-likeness (QED) is 0.515. The number of rotatable bonds is 8. The van der Waals surface area contributed by atoms with E-state index in [4.69, 9.17) is 16.6 Å². The van der Waals surface area contributed by atoms with Crippen molar-refractivity contribution in [2.24, 2.45) is 11.5 Å². The number of amides is 2. The zero-order chi connectivity index (χ0) is 15.8. The second kappa shape index (κ2) is 8.01. The van der Waals surface area contributed by atoms with E-state index >= 15 is 0 Å². The molecule has 6 N–H and O–H groups in total. The van der Waals surface area contributed by atoms with Gasteiger partial charge < -0.3 is 21.9 Å². The highest BCUT2D eigenvalue weighted by molar-refractivity contribution is 5.88. The summed E-state index contributed by atoms with van der Waals surface area (Å²) >= 11 is 0. The summed E-state index contributed by atoms with van der Waals surface area (Å²) in [5, 5.41) is 11.5. The van der Waals surface area contributed by atoms with Crippen molar-refractivity contribution in [3.05, 3.63) is 35.9 Å². The van der Waals surface area contributed by atoms with E-state index in [-0.39, 0.29) is 19.4 Å². The van der Waals surface area contributed by atoms with Crippen molar-refractivity contribution >= 4 is 17.8 Å². The van der Waals surface area contributed by atoms with Crippen LogP contribution in [0, 0.1) is 0 Å². The number of aliphatic carboxylic acids is 1. The van der Waals surface area contributed by atoms with E-state index in [1.807, 2.05) is 6.07 Å². The van der Waals surface area contributed by atoms with Crippen LogP contribution in [0.3, 0.4) is 0 Å². The van der Waals surface area contributed by atoms with Gasteiger partial charge in [0.15, 0.2) is 0 Å². The first kappa shape index (κ1) is 16.6. The Morgan fingerprint density at radius 1 is 1.19 bits per heavy atom. The average molecular weight is 293 g/mol. The molecule has 0 bridgehead atoms. The molecule has 1 aromatic carbocycles. The van der Waals surface area contributed by atoms with E-state index in [1.165, 1.54) is 0 Å². The molecule has 0 saturated heterocycles. The number of carboxylic acid groups (broad SMARTS) is 1. The molecule has 0 aromatic heterocycles. The SMILES string of the molecule is NCC(C(=O)N[C@H](CCC(N)=O)C(=O)O)c1ccccc1. The summed E-state index contributed by atoms with van der Waals surface area (Å²) in [6, 6.07) is 7.68. The fourth-order valence-electron chi connectivity index (χ4n) is 1.90. The summed E-state index contributed by atoms with van der Waals surface area (Å²) in [6.45, 7) is 0.0536. The Balaban J connectivity index is 2.75. The molecule has 0 radical (unpaired) electrons. The van der Waals surface area contributed by atoms with E-state index in [0.717, 1.165) is 0 Å². The highest BCUT2D eigenvalue weighted by atomic mass is 16.4. The maximum absolute atomic E-state index is 12.2. The molecule has 0 spiro atoms. The Morgan fingerprint density at radius 2 is 1.81 bits per heavy atom. The molecule has 1 unspecified atom stereocenters. The normalized spacial score (nSPS) is 13.2. The number of hydrogen-bond acceptors (Lipinski definition) is 4. The van der Waals surface area contributed by atoms with Crippen LogP contribution >= 0.6 is 0 Å². The third-order valence-electron chi connectivity index (χ3n) is 3.05. The topological polar surface area (TPSA) is 136 Å². The van der Waals surface area contributed by atoms with Crippen molar-refractivity contribution < 1.29 is 19.5 Å². The van der Waals surface area contributed by atoms with Gasteiger partial charge in [0, 0.05) is 13.0 Å². The van der Waals surface area contributed by atoms with Crippen LogP contribution in [0.2, 0.25) is 0 Å². The highest BCUT2D eigenvalue weighted by Crippen LogP contribution is 2.14. The fourth-order valence-corrected chi connectivity index (χ4v) is 1.90. The van der Waals surface area contributed by atoms with Crippen molar-refractivity contribution in [1.29, 1.82) is 0 Å². The molecule has 1 rings (SSSR count). The van der Waals surface area contributed by atoms with Crippen LogP contribution in [-0.2, 0) is 14.4 Å². The third-order valence-corrected chi connectivity index (χ3v) is 3.05. The Bertz CT molecular complexity index is 504. The van der Waals surface area contributed by atoms with E-state index in [2.05, 4.69) is 5.32 Å². The number of carbonyl (C=O) groups is 3. The molecule has 2 atom stereocenters. The van der Waals surface area contributed by atoms with Crippen LogP contribution in [0.5, 0.6) is 0 Å². The van der Waals surface area contributed by atoms with Gasteiger partial charge in [-0.05, 0) is 12.0 Å². The Labute approximate surface area is 122 Å². The number of primary amides is 1. The minimum absolute atomic E-state index is 0.0531. The van der Waals surface area contributed by atoms with Crippen LogP contribution in [0.25, 0.3) is 0 Å². The lowest BCUT2D eigenvalue weighted by molar-refractivity contribution is -0.142. The van der Waals surface area contributed by atoms with E-state index in [1.54, 1.807) is 24.3 Å². The van der Waals surface area contributed by atoms with Crippen LogP contribution < -0.4 is 16.8 Å². The zero-order valence-corrected chi connectivity index (χ0v) is 11.5. The van der Waals surface area contributed by atoms with Crippen molar-refractivity contribution in [2.75, 3.05) is 6.54 Å². The molecule has 0 aliphatic carbocycles. The standard InChI is InChI=1S/C14H19N3O4/c15-8-10(9-4-2-1-3-5-9)13(19)17-11(14(20)21)6-7-12(16)18/h1-5,10-11H,6-8,15H2,(H2,16,18)(H,17,19)(H,20,21)/t10?,11-/m1/s1. The van der Waals surface area contributed by atoms with Gasteiger partial charge in [0.2, 0.25) is 11.8 Å². The predicted octanol–water partition coefficient (Wildman–Crippen LogP) is -0.436. The first-order valence-electron chi connectivity index (χ1n) is 6.52. The fraction of sp³-hybridized carbons (Fsp3) is 0.357. The van der Waals surface area contributed by atoms with Crippen molar-refractivity contribution in [3.8, 4) is 0 Å². The second-order valence-corrected chi connectivity index (χ2v) is 4.60. The van der Waals surface area contributed by atoms with Gasteiger partial charge in [-0.2, -0.15) is 0 Å². The number of benzene rings is 1. The Morgan fingerprint density at radius 3 is 2.29 bits per heavy atom.